The highest BCUT2D eigenvalue weighted by Gasteiger charge is 2.20. The Labute approximate surface area is 110 Å². The number of carbonyl (C=O) groups is 1. The van der Waals surface area contributed by atoms with Crippen LogP contribution in [-0.2, 0) is 0 Å². The lowest BCUT2D eigenvalue weighted by molar-refractivity contribution is 0.0760. The van der Waals surface area contributed by atoms with Gasteiger partial charge in [0.05, 0.1) is 0 Å². The first-order valence-corrected chi connectivity index (χ1v) is 6.96. The summed E-state index contributed by atoms with van der Waals surface area (Å²) in [4.78, 5) is 14.7. The minimum Gasteiger partial charge on any atom is -0.339 e. The molecule has 2 nitrogen and oxygen atoms in total. The van der Waals surface area contributed by atoms with Gasteiger partial charge in [0.1, 0.15) is 0 Å². The number of hydrogen-bond donors (Lipinski definition) is 0. The predicted octanol–water partition coefficient (Wildman–Crippen LogP) is 3.63. The van der Waals surface area contributed by atoms with Crippen molar-refractivity contribution in [2.75, 3.05) is 13.1 Å². The molecular weight excluding hydrogens is 222 g/mol. The molecule has 1 aromatic carbocycles. The van der Waals surface area contributed by atoms with Gasteiger partial charge in [-0.1, -0.05) is 30.5 Å². The summed E-state index contributed by atoms with van der Waals surface area (Å²) in [5, 5.41) is 0. The highest BCUT2D eigenvalue weighted by Crippen LogP contribution is 2.20. The smallest absolute Gasteiger partial charge is 0.254 e. The molecule has 0 radical (unpaired) electrons. The van der Waals surface area contributed by atoms with Gasteiger partial charge in [-0.25, -0.2) is 0 Å². The Morgan fingerprint density at radius 1 is 0.944 bits per heavy atom. The predicted molar refractivity (Wildman–Crippen MR) is 75.0 cm³/mol. The molecule has 1 saturated heterocycles. The van der Waals surface area contributed by atoms with Gasteiger partial charge in [0.25, 0.3) is 5.91 Å². The lowest BCUT2D eigenvalue weighted by Gasteiger charge is -2.22. The highest BCUT2D eigenvalue weighted by atomic mass is 16.2. The van der Waals surface area contributed by atoms with Crippen LogP contribution in [0.2, 0.25) is 0 Å². The molecule has 1 aliphatic rings. The molecule has 0 bridgehead atoms. The number of rotatable bonds is 1. The van der Waals surface area contributed by atoms with E-state index in [0.29, 0.717) is 0 Å². The monoisotopic (exact) mass is 245 g/mol. The van der Waals surface area contributed by atoms with E-state index in [9.17, 15) is 4.79 Å². The summed E-state index contributed by atoms with van der Waals surface area (Å²) < 4.78 is 0. The molecule has 18 heavy (non-hydrogen) atoms. The first-order valence-electron chi connectivity index (χ1n) is 6.96. The fourth-order valence-corrected chi connectivity index (χ4v) is 2.95. The number of carbonyl (C=O) groups excluding carboxylic acids is 1. The third kappa shape index (κ3) is 2.74. The highest BCUT2D eigenvalue weighted by molar-refractivity contribution is 5.97. The van der Waals surface area contributed by atoms with E-state index in [0.717, 1.165) is 42.6 Å². The van der Waals surface area contributed by atoms with Crippen molar-refractivity contribution in [3.05, 3.63) is 34.4 Å². The molecule has 0 atom stereocenters. The Hall–Kier alpha value is -1.31. The van der Waals surface area contributed by atoms with E-state index in [2.05, 4.69) is 19.1 Å². The van der Waals surface area contributed by atoms with Gasteiger partial charge in [0, 0.05) is 18.7 Å². The van der Waals surface area contributed by atoms with Crippen molar-refractivity contribution in [3.63, 3.8) is 0 Å². The summed E-state index contributed by atoms with van der Waals surface area (Å²) in [6.45, 7) is 8.02. The molecule has 0 saturated carbocycles. The van der Waals surface area contributed by atoms with E-state index in [-0.39, 0.29) is 5.91 Å². The minimum absolute atomic E-state index is 0.229. The van der Waals surface area contributed by atoms with Crippen molar-refractivity contribution in [2.24, 2.45) is 0 Å². The number of likely N-dealkylation sites (tertiary alicyclic amines) is 1. The number of aryl methyl sites for hydroxylation is 3. The Morgan fingerprint density at radius 3 is 1.94 bits per heavy atom. The first kappa shape index (κ1) is 13.1. The second-order valence-electron chi connectivity index (χ2n) is 5.48. The van der Waals surface area contributed by atoms with Crippen molar-refractivity contribution >= 4 is 5.91 Å². The van der Waals surface area contributed by atoms with Crippen LogP contribution in [0.25, 0.3) is 0 Å². The maximum absolute atomic E-state index is 12.6. The normalized spacial score (nSPS) is 16.5. The zero-order valence-electron chi connectivity index (χ0n) is 11.8. The van der Waals surface area contributed by atoms with Crippen LogP contribution in [0.15, 0.2) is 12.1 Å². The summed E-state index contributed by atoms with van der Waals surface area (Å²) in [5.41, 5.74) is 4.38. The molecule has 0 aromatic heterocycles. The second kappa shape index (κ2) is 5.55. The molecule has 1 heterocycles. The lowest BCUT2D eigenvalue weighted by atomic mass is 9.98. The van der Waals surface area contributed by atoms with E-state index in [1.54, 1.807) is 0 Å². The van der Waals surface area contributed by atoms with E-state index in [4.69, 9.17) is 0 Å². The van der Waals surface area contributed by atoms with Crippen molar-refractivity contribution in [1.82, 2.24) is 4.90 Å². The molecule has 2 heteroatoms. The molecule has 0 unspecified atom stereocenters. The Balaban J connectivity index is 2.27. The summed E-state index contributed by atoms with van der Waals surface area (Å²) in [7, 11) is 0. The number of amides is 1. The van der Waals surface area contributed by atoms with E-state index in [1.165, 1.54) is 18.4 Å². The third-order valence-corrected chi connectivity index (χ3v) is 3.78. The van der Waals surface area contributed by atoms with Crippen LogP contribution in [0.4, 0.5) is 0 Å². The molecule has 1 aliphatic heterocycles. The molecule has 98 valence electrons. The van der Waals surface area contributed by atoms with Gasteiger partial charge in [0.2, 0.25) is 0 Å². The maximum Gasteiger partial charge on any atom is 0.254 e. The van der Waals surface area contributed by atoms with Crippen molar-refractivity contribution < 1.29 is 4.79 Å². The summed E-state index contributed by atoms with van der Waals surface area (Å²) >= 11 is 0. The van der Waals surface area contributed by atoms with Crippen molar-refractivity contribution in [2.45, 2.75) is 46.5 Å². The summed E-state index contributed by atoms with van der Waals surface area (Å²) in [6, 6.07) is 4.22. The van der Waals surface area contributed by atoms with Gasteiger partial charge in [-0.2, -0.15) is 0 Å². The quantitative estimate of drug-likeness (QED) is 0.740. The van der Waals surface area contributed by atoms with Gasteiger partial charge >= 0.3 is 0 Å². The van der Waals surface area contributed by atoms with Crippen LogP contribution in [0, 0.1) is 20.8 Å². The molecule has 1 aromatic rings. The van der Waals surface area contributed by atoms with Crippen molar-refractivity contribution in [1.29, 1.82) is 0 Å². The van der Waals surface area contributed by atoms with E-state index in [1.807, 2.05) is 18.7 Å². The second-order valence-corrected chi connectivity index (χ2v) is 5.48. The molecule has 2 rings (SSSR count). The summed E-state index contributed by atoms with van der Waals surface area (Å²) in [5.74, 6) is 0.229. The summed E-state index contributed by atoms with van der Waals surface area (Å²) in [6.07, 6.45) is 4.82. The molecule has 1 fully saturated rings. The largest absolute Gasteiger partial charge is 0.339 e. The number of benzene rings is 1. The minimum atomic E-state index is 0.229. The number of hydrogen-bond acceptors (Lipinski definition) is 1. The van der Waals surface area contributed by atoms with Crippen LogP contribution in [0.5, 0.6) is 0 Å². The average molecular weight is 245 g/mol. The number of nitrogens with zero attached hydrogens (tertiary/aromatic N) is 1. The van der Waals surface area contributed by atoms with Crippen LogP contribution in [-0.4, -0.2) is 23.9 Å². The third-order valence-electron chi connectivity index (χ3n) is 3.78. The van der Waals surface area contributed by atoms with E-state index < -0.39 is 0 Å². The Kier molecular flexibility index (Phi) is 4.05. The fraction of sp³-hybridized carbons (Fsp3) is 0.562. The Bertz CT molecular complexity index is 419. The SMILES string of the molecule is Cc1cc(C)c(C(=O)N2CCCCCC2)c(C)c1. The van der Waals surface area contributed by atoms with Crippen LogP contribution in [0.1, 0.15) is 52.7 Å². The Morgan fingerprint density at radius 2 is 1.44 bits per heavy atom. The standard InChI is InChI=1S/C16H23NO/c1-12-10-13(2)15(14(3)11-12)16(18)17-8-6-4-5-7-9-17/h10-11H,4-9H2,1-3H3. The van der Waals surface area contributed by atoms with Crippen LogP contribution in [0.3, 0.4) is 0 Å². The van der Waals surface area contributed by atoms with Crippen molar-refractivity contribution in [3.8, 4) is 0 Å². The lowest BCUT2D eigenvalue weighted by Crippen LogP contribution is -2.32. The van der Waals surface area contributed by atoms with E-state index >= 15 is 0 Å². The molecule has 0 N–H and O–H groups in total. The maximum atomic E-state index is 12.6. The topological polar surface area (TPSA) is 20.3 Å². The van der Waals surface area contributed by atoms with Gasteiger partial charge < -0.3 is 4.90 Å². The van der Waals surface area contributed by atoms with Crippen LogP contribution < -0.4 is 0 Å². The van der Waals surface area contributed by atoms with Gasteiger partial charge in [-0.15, -0.1) is 0 Å². The molecular formula is C16H23NO. The molecule has 0 spiro atoms. The first-order chi connectivity index (χ1) is 8.59. The van der Waals surface area contributed by atoms with Gasteiger partial charge in [-0.3, -0.25) is 4.79 Å². The zero-order valence-corrected chi connectivity index (χ0v) is 11.8. The molecule has 0 aliphatic carbocycles. The zero-order chi connectivity index (χ0) is 13.1. The molecule has 1 amide bonds. The van der Waals surface area contributed by atoms with Crippen LogP contribution >= 0.6 is 0 Å². The fourth-order valence-electron chi connectivity index (χ4n) is 2.95. The van der Waals surface area contributed by atoms with Gasteiger partial charge in [0.15, 0.2) is 0 Å². The average Bonchev–Trinajstić information content (AvgIpc) is 2.55. The van der Waals surface area contributed by atoms with Gasteiger partial charge in [-0.05, 0) is 44.7 Å².